The van der Waals surface area contributed by atoms with Gasteiger partial charge in [-0.2, -0.15) is 0 Å². The number of hydrogen-bond acceptors (Lipinski definition) is 2. The number of carboxylic acids is 1. The van der Waals surface area contributed by atoms with E-state index in [1.165, 1.54) is 0 Å². The molecule has 1 aliphatic carbocycles. The lowest BCUT2D eigenvalue weighted by Gasteiger charge is -2.28. The largest absolute Gasteiger partial charge is 0.481 e. The highest BCUT2D eigenvalue weighted by atomic mass is 16.4. The van der Waals surface area contributed by atoms with Crippen LogP contribution in [0.4, 0.5) is 4.79 Å². The maximum Gasteiger partial charge on any atom is 0.315 e. The van der Waals surface area contributed by atoms with E-state index < -0.39 is 11.4 Å². The van der Waals surface area contributed by atoms with Gasteiger partial charge >= 0.3 is 12.0 Å². The Labute approximate surface area is 127 Å². The molecular formula is C16H30N2O3. The highest BCUT2D eigenvalue weighted by Crippen LogP contribution is 2.38. The van der Waals surface area contributed by atoms with Crippen LogP contribution in [0.25, 0.3) is 0 Å². The van der Waals surface area contributed by atoms with Crippen molar-refractivity contribution in [3.05, 3.63) is 0 Å². The first-order valence-corrected chi connectivity index (χ1v) is 8.06. The molecule has 0 saturated heterocycles. The molecule has 5 nitrogen and oxygen atoms in total. The lowest BCUT2D eigenvalue weighted by Crippen LogP contribution is -2.51. The van der Waals surface area contributed by atoms with Gasteiger partial charge in [0.15, 0.2) is 0 Å². The first kappa shape index (κ1) is 17.8. The summed E-state index contributed by atoms with van der Waals surface area (Å²) in [4.78, 5) is 23.4. The average molecular weight is 298 g/mol. The van der Waals surface area contributed by atoms with Gasteiger partial charge in [-0.05, 0) is 39.0 Å². The summed E-state index contributed by atoms with van der Waals surface area (Å²) in [5, 5.41) is 15.1. The van der Waals surface area contributed by atoms with Crippen molar-refractivity contribution < 1.29 is 14.7 Å². The highest BCUT2D eigenvalue weighted by molar-refractivity contribution is 5.79. The molecule has 0 aromatic carbocycles. The van der Waals surface area contributed by atoms with Gasteiger partial charge in [0, 0.05) is 12.1 Å². The first-order chi connectivity index (χ1) is 9.75. The topological polar surface area (TPSA) is 78.4 Å². The van der Waals surface area contributed by atoms with Crippen LogP contribution in [-0.2, 0) is 4.79 Å². The maximum atomic E-state index is 12.0. The van der Waals surface area contributed by atoms with Crippen molar-refractivity contribution in [2.45, 2.75) is 78.3 Å². The lowest BCUT2D eigenvalue weighted by molar-refractivity contribution is -0.148. The van der Waals surface area contributed by atoms with Crippen LogP contribution in [0.2, 0.25) is 0 Å². The van der Waals surface area contributed by atoms with Crippen molar-refractivity contribution >= 4 is 12.0 Å². The predicted octanol–water partition coefficient (Wildman–Crippen LogP) is 3.14. The van der Waals surface area contributed by atoms with E-state index >= 15 is 0 Å². The lowest BCUT2D eigenvalue weighted by atomic mass is 9.85. The molecule has 0 aliphatic heterocycles. The molecule has 5 heteroatoms. The molecule has 1 aliphatic rings. The number of hydrogen-bond donors (Lipinski definition) is 3. The van der Waals surface area contributed by atoms with Crippen molar-refractivity contribution in [2.24, 2.45) is 11.3 Å². The summed E-state index contributed by atoms with van der Waals surface area (Å²) >= 11 is 0. The van der Waals surface area contributed by atoms with Crippen molar-refractivity contribution in [2.75, 3.05) is 0 Å². The minimum atomic E-state index is -0.835. The van der Waals surface area contributed by atoms with Gasteiger partial charge in [-0.25, -0.2) is 4.79 Å². The zero-order valence-electron chi connectivity index (χ0n) is 13.7. The fourth-order valence-corrected chi connectivity index (χ4v) is 2.98. The molecule has 3 unspecified atom stereocenters. The second kappa shape index (κ2) is 7.66. The monoisotopic (exact) mass is 298 g/mol. The van der Waals surface area contributed by atoms with Gasteiger partial charge < -0.3 is 15.7 Å². The van der Waals surface area contributed by atoms with Gasteiger partial charge in [0.25, 0.3) is 0 Å². The summed E-state index contributed by atoms with van der Waals surface area (Å²) in [6.45, 7) is 8.10. The van der Waals surface area contributed by atoms with Crippen LogP contribution in [0.5, 0.6) is 0 Å². The van der Waals surface area contributed by atoms with Gasteiger partial charge in [0.2, 0.25) is 0 Å². The molecule has 0 heterocycles. The summed E-state index contributed by atoms with van der Waals surface area (Å²) < 4.78 is 0. The van der Waals surface area contributed by atoms with E-state index in [2.05, 4.69) is 24.5 Å². The van der Waals surface area contributed by atoms with Gasteiger partial charge in [0.05, 0.1) is 5.41 Å². The Balaban J connectivity index is 2.38. The van der Waals surface area contributed by atoms with E-state index in [4.69, 9.17) is 0 Å². The third kappa shape index (κ3) is 5.21. The molecule has 0 aromatic rings. The van der Waals surface area contributed by atoms with Crippen molar-refractivity contribution in [3.8, 4) is 0 Å². The number of carbonyl (C=O) groups excluding carboxylic acids is 1. The van der Waals surface area contributed by atoms with E-state index in [1.807, 2.05) is 6.92 Å². The molecule has 0 aromatic heterocycles. The second-order valence-corrected chi connectivity index (χ2v) is 7.01. The molecular weight excluding hydrogens is 268 g/mol. The van der Waals surface area contributed by atoms with Gasteiger partial charge in [-0.15, -0.1) is 0 Å². The highest BCUT2D eigenvalue weighted by Gasteiger charge is 2.45. The molecule has 122 valence electrons. The fourth-order valence-electron chi connectivity index (χ4n) is 2.98. The number of urea groups is 1. The number of amides is 2. The van der Waals surface area contributed by atoms with Crippen LogP contribution in [0.15, 0.2) is 0 Å². The number of carbonyl (C=O) groups is 2. The standard InChI is InChI=1S/C16H30N2O3/c1-11(2)7-5-8-12(3)17-15(21)18-13-9-6-10-16(13,4)14(19)20/h11-13H,5-10H2,1-4H3,(H,19,20)(H2,17,18,21). The van der Waals surface area contributed by atoms with E-state index in [0.717, 1.165) is 32.1 Å². The van der Waals surface area contributed by atoms with Crippen LogP contribution in [0.1, 0.15) is 66.2 Å². The van der Waals surface area contributed by atoms with E-state index in [0.29, 0.717) is 12.3 Å². The number of rotatable bonds is 7. The summed E-state index contributed by atoms with van der Waals surface area (Å²) in [5.74, 6) is -0.143. The molecule has 3 atom stereocenters. The number of aliphatic carboxylic acids is 1. The first-order valence-electron chi connectivity index (χ1n) is 8.06. The Kier molecular flexibility index (Phi) is 6.49. The van der Waals surface area contributed by atoms with Gasteiger partial charge in [-0.1, -0.05) is 33.1 Å². The summed E-state index contributed by atoms with van der Waals surface area (Å²) in [6, 6.07) is -0.412. The normalized spacial score (nSPS) is 26.6. The molecule has 21 heavy (non-hydrogen) atoms. The van der Waals surface area contributed by atoms with Crippen LogP contribution in [0, 0.1) is 11.3 Å². The summed E-state index contributed by atoms with van der Waals surface area (Å²) in [7, 11) is 0. The van der Waals surface area contributed by atoms with Gasteiger partial charge in [0.1, 0.15) is 0 Å². The Morgan fingerprint density at radius 2 is 1.95 bits per heavy atom. The van der Waals surface area contributed by atoms with E-state index in [1.54, 1.807) is 6.92 Å². The van der Waals surface area contributed by atoms with Crippen molar-refractivity contribution in [3.63, 3.8) is 0 Å². The quantitative estimate of drug-likeness (QED) is 0.675. The Morgan fingerprint density at radius 3 is 2.52 bits per heavy atom. The molecule has 1 fully saturated rings. The van der Waals surface area contributed by atoms with E-state index in [-0.39, 0.29) is 18.1 Å². The van der Waals surface area contributed by atoms with Crippen LogP contribution in [-0.4, -0.2) is 29.2 Å². The van der Waals surface area contributed by atoms with Crippen LogP contribution < -0.4 is 10.6 Å². The SMILES string of the molecule is CC(C)CCCC(C)NC(=O)NC1CCCC1(C)C(=O)O. The minimum Gasteiger partial charge on any atom is -0.481 e. The molecule has 1 saturated carbocycles. The Bertz CT molecular complexity index is 371. The Hall–Kier alpha value is -1.26. The van der Waals surface area contributed by atoms with Crippen LogP contribution >= 0.6 is 0 Å². The zero-order valence-corrected chi connectivity index (χ0v) is 13.7. The fraction of sp³-hybridized carbons (Fsp3) is 0.875. The molecule has 0 spiro atoms. The van der Waals surface area contributed by atoms with Gasteiger partial charge in [-0.3, -0.25) is 4.79 Å². The van der Waals surface area contributed by atoms with Crippen molar-refractivity contribution in [1.82, 2.24) is 10.6 Å². The molecule has 0 radical (unpaired) electrons. The molecule has 0 bridgehead atoms. The van der Waals surface area contributed by atoms with Crippen LogP contribution in [0.3, 0.4) is 0 Å². The average Bonchev–Trinajstić information content (AvgIpc) is 2.71. The third-order valence-corrected chi connectivity index (χ3v) is 4.55. The van der Waals surface area contributed by atoms with Crippen molar-refractivity contribution in [1.29, 1.82) is 0 Å². The van der Waals surface area contributed by atoms with E-state index in [9.17, 15) is 14.7 Å². The summed E-state index contributed by atoms with van der Waals surface area (Å²) in [5.41, 5.74) is -0.835. The second-order valence-electron chi connectivity index (χ2n) is 7.01. The predicted molar refractivity (Wildman–Crippen MR) is 83.2 cm³/mol. The smallest absolute Gasteiger partial charge is 0.315 e. The summed E-state index contributed by atoms with van der Waals surface area (Å²) in [6.07, 6.45) is 5.40. The zero-order chi connectivity index (χ0) is 16.0. The number of nitrogens with one attached hydrogen (secondary N) is 2. The maximum absolute atomic E-state index is 12.0. The molecule has 1 rings (SSSR count). The molecule has 2 amide bonds. The minimum absolute atomic E-state index is 0.112. The Morgan fingerprint density at radius 1 is 1.29 bits per heavy atom. The molecule has 3 N–H and O–H groups in total. The third-order valence-electron chi connectivity index (χ3n) is 4.55. The number of carboxylic acid groups (broad SMARTS) is 1.